The lowest BCUT2D eigenvalue weighted by Crippen LogP contribution is -2.43. The van der Waals surface area contributed by atoms with E-state index in [1.54, 1.807) is 22.8 Å². The molecule has 1 atom stereocenters. The summed E-state index contributed by atoms with van der Waals surface area (Å²) < 4.78 is 13.8. The lowest BCUT2D eigenvalue weighted by Gasteiger charge is -2.38. The molecule has 0 bridgehead atoms. The quantitative estimate of drug-likeness (QED) is 0.814. The summed E-state index contributed by atoms with van der Waals surface area (Å²) in [7, 11) is 0. The Morgan fingerprint density at radius 2 is 1.89 bits per heavy atom. The first kappa shape index (κ1) is 17.7. The molecule has 0 spiro atoms. The molecule has 2 aromatic carbocycles. The van der Waals surface area contributed by atoms with Gasteiger partial charge in [-0.1, -0.05) is 30.3 Å². The van der Waals surface area contributed by atoms with Gasteiger partial charge in [0, 0.05) is 25.7 Å². The van der Waals surface area contributed by atoms with E-state index >= 15 is 0 Å². The number of fused-ring (bicyclic) bond motifs is 2. The molecule has 1 unspecified atom stereocenters. The van der Waals surface area contributed by atoms with Gasteiger partial charge in [-0.25, -0.2) is 4.39 Å². The molecule has 0 saturated carbocycles. The van der Waals surface area contributed by atoms with Crippen molar-refractivity contribution in [3.8, 4) is 0 Å². The zero-order chi connectivity index (χ0) is 19.0. The largest absolute Gasteiger partial charge is 0.335 e. The fraction of sp³-hybridized carbons (Fsp3) is 0.364. The van der Waals surface area contributed by atoms with Crippen LogP contribution in [0.5, 0.6) is 0 Å². The highest BCUT2D eigenvalue weighted by molar-refractivity contribution is 5.95. The predicted molar refractivity (Wildman–Crippen MR) is 102 cm³/mol. The normalized spacial score (nSPS) is 18.7. The molecule has 0 N–H and O–H groups in total. The summed E-state index contributed by atoms with van der Waals surface area (Å²) in [6.07, 6.45) is 2.73. The maximum Gasteiger partial charge on any atom is 0.229 e. The molecule has 2 aromatic rings. The van der Waals surface area contributed by atoms with Gasteiger partial charge in [0.15, 0.2) is 0 Å². The second-order valence-corrected chi connectivity index (χ2v) is 7.30. The Hall–Kier alpha value is -2.69. The SMILES string of the molecule is CC(=O)N1CCc2ccccc2C1CC(=O)N1CCCc2ccc(F)cc21. The van der Waals surface area contributed by atoms with Crippen molar-refractivity contribution in [2.24, 2.45) is 0 Å². The number of amides is 2. The van der Waals surface area contributed by atoms with Gasteiger partial charge < -0.3 is 9.80 Å². The number of anilines is 1. The summed E-state index contributed by atoms with van der Waals surface area (Å²) in [4.78, 5) is 28.8. The van der Waals surface area contributed by atoms with Crippen LogP contribution in [0.2, 0.25) is 0 Å². The first-order valence-electron chi connectivity index (χ1n) is 9.48. The topological polar surface area (TPSA) is 40.6 Å². The van der Waals surface area contributed by atoms with Gasteiger partial charge in [-0.2, -0.15) is 0 Å². The minimum atomic E-state index is -0.332. The highest BCUT2D eigenvalue weighted by atomic mass is 19.1. The Labute approximate surface area is 158 Å². The van der Waals surface area contributed by atoms with E-state index in [9.17, 15) is 14.0 Å². The molecule has 0 aliphatic carbocycles. The van der Waals surface area contributed by atoms with Gasteiger partial charge >= 0.3 is 0 Å². The molecule has 0 aromatic heterocycles. The number of halogens is 1. The molecule has 27 heavy (non-hydrogen) atoms. The Kier molecular flexibility index (Phi) is 4.68. The smallest absolute Gasteiger partial charge is 0.229 e. The van der Waals surface area contributed by atoms with Gasteiger partial charge in [0.25, 0.3) is 0 Å². The van der Waals surface area contributed by atoms with Crippen molar-refractivity contribution in [2.45, 2.75) is 38.6 Å². The van der Waals surface area contributed by atoms with Gasteiger partial charge in [-0.3, -0.25) is 9.59 Å². The summed E-state index contributed by atoms with van der Waals surface area (Å²) in [5.41, 5.74) is 3.91. The maximum atomic E-state index is 13.8. The van der Waals surface area contributed by atoms with Crippen LogP contribution in [0.25, 0.3) is 0 Å². The van der Waals surface area contributed by atoms with E-state index in [-0.39, 0.29) is 30.1 Å². The molecule has 2 aliphatic rings. The Bertz CT molecular complexity index is 896. The summed E-state index contributed by atoms with van der Waals surface area (Å²) >= 11 is 0. The van der Waals surface area contributed by atoms with Gasteiger partial charge in [0.05, 0.1) is 12.5 Å². The average molecular weight is 366 g/mol. The number of rotatable bonds is 2. The van der Waals surface area contributed by atoms with Crippen LogP contribution < -0.4 is 4.90 Å². The van der Waals surface area contributed by atoms with Gasteiger partial charge in [-0.15, -0.1) is 0 Å². The molecule has 4 nitrogen and oxygen atoms in total. The van der Waals surface area contributed by atoms with Crippen molar-refractivity contribution in [3.63, 3.8) is 0 Å². The van der Waals surface area contributed by atoms with Crippen molar-refractivity contribution < 1.29 is 14.0 Å². The monoisotopic (exact) mass is 366 g/mol. The molecule has 4 rings (SSSR count). The number of hydrogen-bond acceptors (Lipinski definition) is 2. The Morgan fingerprint density at radius 3 is 2.70 bits per heavy atom. The van der Waals surface area contributed by atoms with Crippen molar-refractivity contribution in [1.29, 1.82) is 0 Å². The first-order valence-corrected chi connectivity index (χ1v) is 9.48. The van der Waals surface area contributed by atoms with Crippen molar-refractivity contribution in [3.05, 3.63) is 65.0 Å². The lowest BCUT2D eigenvalue weighted by molar-refractivity contribution is -0.133. The second kappa shape index (κ2) is 7.14. The average Bonchev–Trinajstić information content (AvgIpc) is 2.67. The maximum absolute atomic E-state index is 13.8. The van der Waals surface area contributed by atoms with Crippen molar-refractivity contribution in [2.75, 3.05) is 18.0 Å². The van der Waals surface area contributed by atoms with Crippen LogP contribution >= 0.6 is 0 Å². The fourth-order valence-corrected chi connectivity index (χ4v) is 4.33. The third-order valence-electron chi connectivity index (χ3n) is 5.65. The number of carbonyl (C=O) groups excluding carboxylic acids is 2. The first-order chi connectivity index (χ1) is 13.0. The molecule has 5 heteroatoms. The predicted octanol–water partition coefficient (Wildman–Crippen LogP) is 3.64. The van der Waals surface area contributed by atoms with Crippen molar-refractivity contribution in [1.82, 2.24) is 4.90 Å². The lowest BCUT2D eigenvalue weighted by atomic mass is 9.90. The van der Waals surface area contributed by atoms with Crippen LogP contribution in [-0.2, 0) is 22.4 Å². The Morgan fingerprint density at radius 1 is 1.07 bits per heavy atom. The molecule has 2 amide bonds. The van der Waals surface area contributed by atoms with Crippen LogP contribution in [0, 0.1) is 5.82 Å². The summed E-state index contributed by atoms with van der Waals surface area (Å²) in [6, 6.07) is 12.4. The van der Waals surface area contributed by atoms with Gasteiger partial charge in [-0.05, 0) is 48.1 Å². The number of carbonyl (C=O) groups is 2. The standard InChI is InChI=1S/C22H23FN2O2/c1-15(26)24-12-10-16-5-2-3-7-19(16)21(24)14-22(27)25-11-4-6-17-8-9-18(23)13-20(17)25/h2-3,5,7-9,13,21H,4,6,10-12,14H2,1H3. The van der Waals surface area contributed by atoms with E-state index in [0.29, 0.717) is 18.8 Å². The van der Waals surface area contributed by atoms with E-state index in [1.165, 1.54) is 17.7 Å². The zero-order valence-electron chi connectivity index (χ0n) is 15.5. The highest BCUT2D eigenvalue weighted by Gasteiger charge is 2.33. The third-order valence-corrected chi connectivity index (χ3v) is 5.65. The Balaban J connectivity index is 1.64. The van der Waals surface area contributed by atoms with Crippen LogP contribution in [0.3, 0.4) is 0 Å². The third kappa shape index (κ3) is 3.34. The molecule has 0 saturated heterocycles. The van der Waals surface area contributed by atoms with E-state index in [2.05, 4.69) is 6.07 Å². The van der Waals surface area contributed by atoms with Gasteiger partial charge in [0.2, 0.25) is 11.8 Å². The molecule has 0 radical (unpaired) electrons. The van der Waals surface area contributed by atoms with E-state index in [1.807, 2.05) is 18.2 Å². The van der Waals surface area contributed by atoms with Crippen molar-refractivity contribution >= 4 is 17.5 Å². The number of hydrogen-bond donors (Lipinski definition) is 0. The molecular formula is C22H23FN2O2. The number of aryl methyl sites for hydroxylation is 1. The second-order valence-electron chi connectivity index (χ2n) is 7.30. The van der Waals surface area contributed by atoms with E-state index in [0.717, 1.165) is 30.4 Å². The van der Waals surface area contributed by atoms with E-state index in [4.69, 9.17) is 0 Å². The van der Waals surface area contributed by atoms with Crippen LogP contribution in [0.15, 0.2) is 42.5 Å². The van der Waals surface area contributed by atoms with Crippen LogP contribution in [0.4, 0.5) is 10.1 Å². The zero-order valence-corrected chi connectivity index (χ0v) is 15.5. The van der Waals surface area contributed by atoms with E-state index < -0.39 is 0 Å². The minimum absolute atomic E-state index is 0.0209. The summed E-state index contributed by atoms with van der Waals surface area (Å²) in [6.45, 7) is 2.76. The molecular weight excluding hydrogens is 343 g/mol. The fourth-order valence-electron chi connectivity index (χ4n) is 4.33. The molecule has 2 heterocycles. The molecule has 0 fully saturated rings. The number of benzene rings is 2. The molecule has 140 valence electrons. The van der Waals surface area contributed by atoms with Crippen LogP contribution in [-0.4, -0.2) is 29.8 Å². The summed E-state index contributed by atoms with van der Waals surface area (Å²) in [5, 5.41) is 0. The highest BCUT2D eigenvalue weighted by Crippen LogP contribution is 2.35. The van der Waals surface area contributed by atoms with Gasteiger partial charge in [0.1, 0.15) is 5.82 Å². The molecule has 2 aliphatic heterocycles. The number of nitrogens with zero attached hydrogens (tertiary/aromatic N) is 2. The van der Waals surface area contributed by atoms with Crippen LogP contribution in [0.1, 0.15) is 42.5 Å². The minimum Gasteiger partial charge on any atom is -0.335 e. The summed E-state index contributed by atoms with van der Waals surface area (Å²) in [5.74, 6) is -0.413.